The summed E-state index contributed by atoms with van der Waals surface area (Å²) in [6, 6.07) is 0. The Morgan fingerprint density at radius 3 is 2.19 bits per heavy atom. The van der Waals surface area contributed by atoms with E-state index in [0.29, 0.717) is 23.7 Å². The summed E-state index contributed by atoms with van der Waals surface area (Å²) in [5.74, 6) is 1.73. The average Bonchev–Trinajstić information content (AvgIpc) is 3.23. The van der Waals surface area contributed by atoms with Crippen LogP contribution in [0.25, 0.3) is 0 Å². The van der Waals surface area contributed by atoms with Crippen molar-refractivity contribution in [3.63, 3.8) is 0 Å². The topological polar surface area (TPSA) is 57.5 Å². The summed E-state index contributed by atoms with van der Waals surface area (Å²) in [4.78, 5) is 12.9. The standard InChI is InChI=1S/C34H56O3/c1-9-10-15-34(37)21-18-30(6)25(29(34,4)5)14-16-32(8)26(30)12-11-24-27-23(22(2)3)13-17-33(27,28(35)36)20-19-31(24,32)7/h23-27,37H,2,9-21H2,1,3-8H3,(H,35,36)/t23?,24?,25?,26?,27?,30-,31?,32+,33?,34?/m0/s1. The zero-order chi connectivity index (χ0) is 27.2. The second-order valence-electron chi connectivity index (χ2n) is 16.0. The molecule has 10 atom stereocenters. The van der Waals surface area contributed by atoms with Gasteiger partial charge < -0.3 is 10.2 Å². The summed E-state index contributed by atoms with van der Waals surface area (Å²) in [6.07, 6.45) is 13.8. The minimum atomic E-state index is -0.549. The van der Waals surface area contributed by atoms with E-state index in [2.05, 4.69) is 55.0 Å². The predicted octanol–water partition coefficient (Wildman–Crippen LogP) is 8.65. The van der Waals surface area contributed by atoms with Gasteiger partial charge in [-0.15, -0.1) is 0 Å². The summed E-state index contributed by atoms with van der Waals surface area (Å²) in [5.41, 5.74) is 0.687. The third-order valence-corrected chi connectivity index (χ3v) is 14.9. The number of unbranched alkanes of at least 4 members (excludes halogenated alkanes) is 1. The summed E-state index contributed by atoms with van der Waals surface area (Å²) in [7, 11) is 0. The minimum absolute atomic E-state index is 0.0736. The number of carboxylic acids is 1. The fourth-order valence-corrected chi connectivity index (χ4v) is 12.5. The monoisotopic (exact) mass is 512 g/mol. The van der Waals surface area contributed by atoms with Crippen molar-refractivity contribution in [1.82, 2.24) is 0 Å². The molecule has 0 heterocycles. The van der Waals surface area contributed by atoms with Crippen LogP contribution in [0.1, 0.15) is 132 Å². The molecule has 0 aromatic carbocycles. The van der Waals surface area contributed by atoms with E-state index in [1.54, 1.807) is 0 Å². The summed E-state index contributed by atoms with van der Waals surface area (Å²) in [6.45, 7) is 21.3. The van der Waals surface area contributed by atoms with Gasteiger partial charge >= 0.3 is 5.97 Å². The molecule has 0 aromatic rings. The van der Waals surface area contributed by atoms with E-state index >= 15 is 0 Å². The van der Waals surface area contributed by atoms with Gasteiger partial charge in [0.25, 0.3) is 0 Å². The van der Waals surface area contributed by atoms with E-state index in [1.165, 1.54) is 31.3 Å². The second kappa shape index (κ2) is 8.58. The predicted molar refractivity (Wildman–Crippen MR) is 151 cm³/mol. The molecule has 3 heteroatoms. The average molecular weight is 513 g/mol. The van der Waals surface area contributed by atoms with Crippen LogP contribution in [0.5, 0.6) is 0 Å². The van der Waals surface area contributed by atoms with E-state index in [9.17, 15) is 15.0 Å². The molecular weight excluding hydrogens is 456 g/mol. The highest BCUT2D eigenvalue weighted by molar-refractivity contribution is 5.76. The first-order chi connectivity index (χ1) is 17.1. The molecule has 0 aromatic heterocycles. The Hall–Kier alpha value is -0.830. The maximum Gasteiger partial charge on any atom is 0.309 e. The van der Waals surface area contributed by atoms with Gasteiger partial charge in [-0.05, 0) is 129 Å². The quantitative estimate of drug-likeness (QED) is 0.362. The van der Waals surface area contributed by atoms with Gasteiger partial charge in [0.15, 0.2) is 0 Å². The number of hydrogen-bond acceptors (Lipinski definition) is 2. The fourth-order valence-electron chi connectivity index (χ4n) is 12.5. The van der Waals surface area contributed by atoms with Crippen LogP contribution in [0, 0.1) is 56.7 Å². The van der Waals surface area contributed by atoms with Crippen molar-refractivity contribution in [1.29, 1.82) is 0 Å². The molecule has 5 rings (SSSR count). The number of carboxylic acid groups (broad SMARTS) is 1. The Balaban J connectivity index is 1.52. The van der Waals surface area contributed by atoms with E-state index in [-0.39, 0.29) is 27.6 Å². The minimum Gasteiger partial charge on any atom is -0.481 e. The third-order valence-electron chi connectivity index (χ3n) is 14.9. The molecule has 0 aliphatic heterocycles. The van der Waals surface area contributed by atoms with Crippen molar-refractivity contribution in [2.75, 3.05) is 0 Å². The number of rotatable bonds is 5. The molecule has 210 valence electrons. The smallest absolute Gasteiger partial charge is 0.309 e. The highest BCUT2D eigenvalue weighted by Gasteiger charge is 2.72. The molecule has 0 radical (unpaired) electrons. The van der Waals surface area contributed by atoms with Crippen molar-refractivity contribution in [2.45, 2.75) is 138 Å². The van der Waals surface area contributed by atoms with Gasteiger partial charge in [0.05, 0.1) is 11.0 Å². The van der Waals surface area contributed by atoms with Gasteiger partial charge in [0.2, 0.25) is 0 Å². The molecule has 3 nitrogen and oxygen atoms in total. The molecule has 0 saturated heterocycles. The molecule has 0 amide bonds. The van der Waals surface area contributed by atoms with Gasteiger partial charge in [0, 0.05) is 0 Å². The lowest BCUT2D eigenvalue weighted by Gasteiger charge is -2.73. The Bertz CT molecular complexity index is 953. The van der Waals surface area contributed by atoms with Gasteiger partial charge in [-0.25, -0.2) is 0 Å². The van der Waals surface area contributed by atoms with Crippen LogP contribution < -0.4 is 0 Å². The summed E-state index contributed by atoms with van der Waals surface area (Å²) >= 11 is 0. The van der Waals surface area contributed by atoms with Crippen molar-refractivity contribution < 1.29 is 15.0 Å². The molecule has 8 unspecified atom stereocenters. The van der Waals surface area contributed by atoms with Crippen LogP contribution in [-0.2, 0) is 4.79 Å². The highest BCUT2D eigenvalue weighted by Crippen LogP contribution is 2.78. The molecule has 2 N–H and O–H groups in total. The molecule has 5 aliphatic carbocycles. The van der Waals surface area contributed by atoms with E-state index in [0.717, 1.165) is 57.8 Å². The largest absolute Gasteiger partial charge is 0.481 e. The van der Waals surface area contributed by atoms with Gasteiger partial charge in [0.1, 0.15) is 0 Å². The number of aliphatic hydroxyl groups is 1. The zero-order valence-electron chi connectivity index (χ0n) is 25.1. The number of fused-ring (bicyclic) bond motifs is 7. The Kier molecular flexibility index (Phi) is 6.43. The molecular formula is C34H56O3. The summed E-state index contributed by atoms with van der Waals surface area (Å²) in [5, 5.41) is 22.6. The Labute approximate surface area is 227 Å². The van der Waals surface area contributed by atoms with E-state index in [4.69, 9.17) is 0 Å². The number of allylic oxidation sites excluding steroid dienone is 1. The molecule has 5 fully saturated rings. The molecule has 5 aliphatic rings. The maximum atomic E-state index is 12.9. The lowest BCUT2D eigenvalue weighted by atomic mass is 9.31. The third kappa shape index (κ3) is 3.37. The van der Waals surface area contributed by atoms with Crippen molar-refractivity contribution in [2.24, 2.45) is 56.7 Å². The lowest BCUT2D eigenvalue weighted by molar-refractivity contribution is -0.265. The zero-order valence-corrected chi connectivity index (χ0v) is 25.1. The van der Waals surface area contributed by atoms with Crippen LogP contribution in [0.3, 0.4) is 0 Å². The molecule has 0 spiro atoms. The normalized spacial score (nSPS) is 52.4. The first kappa shape index (κ1) is 27.7. The van der Waals surface area contributed by atoms with Crippen LogP contribution in [0.4, 0.5) is 0 Å². The van der Waals surface area contributed by atoms with E-state index < -0.39 is 17.0 Å². The van der Waals surface area contributed by atoms with Gasteiger partial charge in [-0.2, -0.15) is 0 Å². The van der Waals surface area contributed by atoms with Crippen LogP contribution in [-0.4, -0.2) is 21.8 Å². The van der Waals surface area contributed by atoms with E-state index in [1.807, 2.05) is 0 Å². The second-order valence-corrected chi connectivity index (χ2v) is 16.0. The van der Waals surface area contributed by atoms with Crippen LogP contribution >= 0.6 is 0 Å². The number of carbonyl (C=O) groups is 1. The van der Waals surface area contributed by atoms with Crippen molar-refractivity contribution in [3.05, 3.63) is 12.2 Å². The van der Waals surface area contributed by atoms with Gasteiger partial charge in [-0.3, -0.25) is 4.79 Å². The molecule has 5 saturated carbocycles. The first-order valence-corrected chi connectivity index (χ1v) is 15.8. The lowest BCUT2D eigenvalue weighted by Crippen LogP contribution is -2.68. The Morgan fingerprint density at radius 1 is 0.865 bits per heavy atom. The van der Waals surface area contributed by atoms with Crippen molar-refractivity contribution in [3.8, 4) is 0 Å². The Morgan fingerprint density at radius 2 is 1.57 bits per heavy atom. The number of hydrogen-bond donors (Lipinski definition) is 2. The van der Waals surface area contributed by atoms with Gasteiger partial charge in [-0.1, -0.05) is 66.5 Å². The molecule has 0 bridgehead atoms. The summed E-state index contributed by atoms with van der Waals surface area (Å²) < 4.78 is 0. The SMILES string of the molecule is C=C(C)C1CCC2(C(=O)O)CCC3(C)C(CCC4[C@@]5(C)CCC(O)(CCCC)C(C)(C)C5CC[C@]43C)C12. The fraction of sp³-hybridized carbons (Fsp3) is 0.912. The first-order valence-electron chi connectivity index (χ1n) is 15.8. The maximum absolute atomic E-state index is 12.9. The molecule has 37 heavy (non-hydrogen) atoms. The number of aliphatic carboxylic acids is 1. The van der Waals surface area contributed by atoms with Crippen LogP contribution in [0.15, 0.2) is 12.2 Å². The van der Waals surface area contributed by atoms with Crippen molar-refractivity contribution >= 4 is 5.97 Å². The highest BCUT2D eigenvalue weighted by atomic mass is 16.4. The van der Waals surface area contributed by atoms with Crippen LogP contribution in [0.2, 0.25) is 0 Å².